The Morgan fingerprint density at radius 1 is 1.38 bits per heavy atom. The first-order valence-corrected chi connectivity index (χ1v) is 10.8. The molecule has 0 aromatic carbocycles. The van der Waals surface area contributed by atoms with Crippen molar-refractivity contribution in [1.82, 2.24) is 15.3 Å². The number of thiophene rings is 1. The lowest BCUT2D eigenvalue weighted by Gasteiger charge is -2.43. The van der Waals surface area contributed by atoms with Crippen molar-refractivity contribution in [3.63, 3.8) is 0 Å². The van der Waals surface area contributed by atoms with Crippen molar-refractivity contribution < 1.29 is 14.3 Å². The summed E-state index contributed by atoms with van der Waals surface area (Å²) in [5, 5.41) is 5.11. The molecule has 140 valence electrons. The number of aryl methyl sites for hydroxylation is 1. The number of rotatable bonds is 4. The molecule has 26 heavy (non-hydrogen) atoms. The van der Waals surface area contributed by atoms with E-state index >= 15 is 0 Å². The van der Waals surface area contributed by atoms with Gasteiger partial charge in [-0.1, -0.05) is 11.8 Å². The Kier molecular flexibility index (Phi) is 5.45. The fourth-order valence-electron chi connectivity index (χ4n) is 3.72. The van der Waals surface area contributed by atoms with Crippen LogP contribution in [0.4, 0.5) is 0 Å². The van der Waals surface area contributed by atoms with Gasteiger partial charge in [-0.05, 0) is 38.7 Å². The average Bonchev–Trinajstić information content (AvgIpc) is 3.01. The predicted octanol–water partition coefficient (Wildman–Crippen LogP) is 2.94. The molecule has 6 nitrogen and oxygen atoms in total. The van der Waals surface area contributed by atoms with Crippen LogP contribution in [-0.4, -0.2) is 53.1 Å². The Balaban J connectivity index is 1.33. The minimum atomic E-state index is -0.103. The second kappa shape index (κ2) is 7.80. The van der Waals surface area contributed by atoms with E-state index in [0.29, 0.717) is 12.4 Å². The van der Waals surface area contributed by atoms with Crippen LogP contribution in [-0.2, 0) is 14.3 Å². The van der Waals surface area contributed by atoms with Crippen LogP contribution in [0, 0.1) is 6.92 Å². The number of hydrogen-bond donors (Lipinski definition) is 1. The molecule has 2 aliphatic heterocycles. The topological polar surface area (TPSA) is 73.3 Å². The third kappa shape index (κ3) is 4.03. The van der Waals surface area contributed by atoms with Crippen molar-refractivity contribution in [3.8, 4) is 0 Å². The van der Waals surface area contributed by atoms with Crippen LogP contribution in [0.1, 0.15) is 30.6 Å². The third-order valence-electron chi connectivity index (χ3n) is 5.02. The van der Waals surface area contributed by atoms with E-state index in [-0.39, 0.29) is 17.6 Å². The van der Waals surface area contributed by atoms with Crippen LogP contribution < -0.4 is 5.32 Å². The Morgan fingerprint density at radius 3 is 3.08 bits per heavy atom. The number of hydrogen-bond acceptors (Lipinski definition) is 7. The third-order valence-corrected chi connectivity index (χ3v) is 6.98. The summed E-state index contributed by atoms with van der Waals surface area (Å²) in [7, 11) is 0. The monoisotopic (exact) mass is 393 g/mol. The molecule has 0 unspecified atom stereocenters. The van der Waals surface area contributed by atoms with Gasteiger partial charge in [0.1, 0.15) is 16.2 Å². The fraction of sp³-hybridized carbons (Fsp3) is 0.611. The van der Waals surface area contributed by atoms with Crippen LogP contribution in [0.15, 0.2) is 17.4 Å². The van der Waals surface area contributed by atoms with E-state index in [0.717, 1.165) is 54.1 Å². The Bertz CT molecular complexity index is 784. The number of carbonyl (C=O) groups is 1. The van der Waals surface area contributed by atoms with E-state index < -0.39 is 0 Å². The fourth-order valence-corrected chi connectivity index (χ4v) is 5.41. The Labute approximate surface area is 161 Å². The van der Waals surface area contributed by atoms with E-state index in [2.05, 4.69) is 28.3 Å². The highest BCUT2D eigenvalue weighted by Gasteiger charge is 2.39. The summed E-state index contributed by atoms with van der Waals surface area (Å²) >= 11 is 3.13. The molecule has 0 saturated carbocycles. The summed E-state index contributed by atoms with van der Waals surface area (Å²) in [6, 6.07) is 2.27. The van der Waals surface area contributed by atoms with Gasteiger partial charge in [0.05, 0.1) is 11.4 Å². The maximum absolute atomic E-state index is 12.5. The number of nitrogens with one attached hydrogen (secondary N) is 1. The zero-order chi connectivity index (χ0) is 18.0. The van der Waals surface area contributed by atoms with E-state index in [1.54, 1.807) is 17.7 Å². The minimum absolute atomic E-state index is 0.0582. The minimum Gasteiger partial charge on any atom is -0.381 e. The molecule has 2 aromatic rings. The summed E-state index contributed by atoms with van der Waals surface area (Å²) in [6.45, 7) is 4.27. The van der Waals surface area contributed by atoms with Crippen LogP contribution in [0.25, 0.3) is 10.2 Å². The van der Waals surface area contributed by atoms with Crippen molar-refractivity contribution in [2.24, 2.45) is 0 Å². The van der Waals surface area contributed by atoms with Crippen molar-refractivity contribution >= 4 is 39.2 Å². The van der Waals surface area contributed by atoms with Gasteiger partial charge < -0.3 is 14.8 Å². The zero-order valence-electron chi connectivity index (χ0n) is 14.8. The van der Waals surface area contributed by atoms with Gasteiger partial charge in [0.2, 0.25) is 5.91 Å². The number of thioether (sulfide) groups is 1. The summed E-state index contributed by atoms with van der Waals surface area (Å²) in [5.74, 6) is 0.428. The van der Waals surface area contributed by atoms with Gasteiger partial charge in [0.15, 0.2) is 0 Å². The van der Waals surface area contributed by atoms with Crippen LogP contribution in [0.2, 0.25) is 0 Å². The molecule has 0 radical (unpaired) electrons. The largest absolute Gasteiger partial charge is 0.381 e. The molecule has 1 atom stereocenters. The SMILES string of the molecule is Cc1cc2c(SCC(=O)N[C@@H]3CCOC4(CCOCC4)C3)ncnc2s1. The smallest absolute Gasteiger partial charge is 0.230 e. The van der Waals surface area contributed by atoms with Crippen molar-refractivity contribution in [3.05, 3.63) is 17.3 Å². The molecule has 1 spiro atoms. The van der Waals surface area contributed by atoms with Crippen molar-refractivity contribution in [2.45, 2.75) is 49.3 Å². The lowest BCUT2D eigenvalue weighted by Crippen LogP contribution is -2.51. The second-order valence-corrected chi connectivity index (χ2v) is 9.14. The summed E-state index contributed by atoms with van der Waals surface area (Å²) in [6.07, 6.45) is 5.18. The molecule has 2 fully saturated rings. The lowest BCUT2D eigenvalue weighted by molar-refractivity contribution is -0.143. The number of aromatic nitrogens is 2. The highest BCUT2D eigenvalue weighted by molar-refractivity contribution is 8.00. The summed E-state index contributed by atoms with van der Waals surface area (Å²) < 4.78 is 11.5. The second-order valence-electron chi connectivity index (χ2n) is 6.94. The van der Waals surface area contributed by atoms with Gasteiger partial charge in [-0.2, -0.15) is 0 Å². The lowest BCUT2D eigenvalue weighted by atomic mass is 9.84. The standard InChI is InChI=1S/C18H23N3O3S2/c1-12-8-14-16(19-11-20-17(14)26-12)25-10-15(22)21-13-2-5-24-18(9-13)3-6-23-7-4-18/h8,11,13H,2-7,9-10H2,1H3,(H,21,22)/t13-/m1/s1. The summed E-state index contributed by atoms with van der Waals surface area (Å²) in [5.41, 5.74) is -0.103. The molecule has 4 heterocycles. The van der Waals surface area contributed by atoms with Gasteiger partial charge in [-0.25, -0.2) is 9.97 Å². The number of carbonyl (C=O) groups excluding carboxylic acids is 1. The quantitative estimate of drug-likeness (QED) is 0.636. The van der Waals surface area contributed by atoms with Gasteiger partial charge >= 0.3 is 0 Å². The first kappa shape index (κ1) is 18.2. The van der Waals surface area contributed by atoms with E-state index in [1.807, 2.05) is 0 Å². The molecule has 2 aliphatic rings. The highest BCUT2D eigenvalue weighted by Crippen LogP contribution is 2.34. The maximum atomic E-state index is 12.5. The summed E-state index contributed by atoms with van der Waals surface area (Å²) in [4.78, 5) is 23.3. The first-order chi connectivity index (χ1) is 12.6. The molecule has 0 bridgehead atoms. The first-order valence-electron chi connectivity index (χ1n) is 8.99. The normalized spacial score (nSPS) is 22.6. The van der Waals surface area contributed by atoms with E-state index in [9.17, 15) is 4.79 Å². The molecule has 1 N–H and O–H groups in total. The predicted molar refractivity (Wildman–Crippen MR) is 103 cm³/mol. The molecule has 8 heteroatoms. The van der Waals surface area contributed by atoms with E-state index in [1.165, 1.54) is 16.6 Å². The number of ether oxygens (including phenoxy) is 2. The molecular weight excluding hydrogens is 370 g/mol. The number of fused-ring (bicyclic) bond motifs is 1. The molecule has 2 saturated heterocycles. The number of nitrogens with zero attached hydrogens (tertiary/aromatic N) is 2. The van der Waals surface area contributed by atoms with Crippen molar-refractivity contribution in [2.75, 3.05) is 25.6 Å². The molecular formula is C18H23N3O3S2. The Morgan fingerprint density at radius 2 is 2.23 bits per heavy atom. The average molecular weight is 394 g/mol. The molecule has 2 aromatic heterocycles. The van der Waals surface area contributed by atoms with Crippen LogP contribution in [0.5, 0.6) is 0 Å². The van der Waals surface area contributed by atoms with Gasteiger partial charge in [0.25, 0.3) is 0 Å². The maximum Gasteiger partial charge on any atom is 0.230 e. The van der Waals surface area contributed by atoms with Crippen LogP contribution >= 0.6 is 23.1 Å². The highest BCUT2D eigenvalue weighted by atomic mass is 32.2. The van der Waals surface area contributed by atoms with E-state index in [4.69, 9.17) is 9.47 Å². The van der Waals surface area contributed by atoms with Crippen molar-refractivity contribution in [1.29, 1.82) is 0 Å². The molecule has 4 rings (SSSR count). The Hall–Kier alpha value is -1.22. The van der Waals surface area contributed by atoms with Gasteiger partial charge in [-0.15, -0.1) is 11.3 Å². The molecule has 0 aliphatic carbocycles. The molecule has 1 amide bonds. The van der Waals surface area contributed by atoms with Crippen LogP contribution in [0.3, 0.4) is 0 Å². The van der Waals surface area contributed by atoms with Gasteiger partial charge in [-0.3, -0.25) is 4.79 Å². The number of amides is 1. The zero-order valence-corrected chi connectivity index (χ0v) is 16.5. The van der Waals surface area contributed by atoms with Gasteiger partial charge in [0, 0.05) is 36.1 Å².